The van der Waals surface area contributed by atoms with E-state index in [2.05, 4.69) is 48.5 Å². The third-order valence-electron chi connectivity index (χ3n) is 21.6. The van der Waals surface area contributed by atoms with E-state index in [1.165, 1.54) is 270 Å². The van der Waals surface area contributed by atoms with Crippen molar-refractivity contribution in [1.29, 1.82) is 0 Å². The van der Waals surface area contributed by atoms with E-state index >= 15 is 0 Å². The SMILES string of the molecule is CCCCCCCCCC(=O)OC[C@H](COP(=O)(O)OC[C@H](O)COP(=O)(O)OC[C@@H](COC(=O)CCCCCCCCCCCCCCCCCCCCC(C)CC)OC(=O)CCCCCCCCCCCCCCCCCCCCC(C)CC)OC(=O)CCCCCCCCCCCCCCCCC(C)C. The van der Waals surface area contributed by atoms with E-state index in [0.717, 1.165) is 120 Å². The van der Waals surface area contributed by atoms with Gasteiger partial charge in [0.05, 0.1) is 26.4 Å². The summed E-state index contributed by atoms with van der Waals surface area (Å²) in [4.78, 5) is 73.1. The highest BCUT2D eigenvalue weighted by Crippen LogP contribution is 2.45. The number of rotatable bonds is 87. The third kappa shape index (κ3) is 79.3. The van der Waals surface area contributed by atoms with Crippen molar-refractivity contribution in [1.82, 2.24) is 0 Å². The number of phosphoric ester groups is 2. The predicted octanol–water partition coefficient (Wildman–Crippen LogP) is 27.3. The first-order valence-corrected chi connectivity index (χ1v) is 48.9. The molecular weight excluding hydrogens is 1400 g/mol. The van der Waals surface area contributed by atoms with Crippen LogP contribution in [-0.2, 0) is 65.4 Å². The molecule has 17 nitrogen and oxygen atoms in total. The van der Waals surface area contributed by atoms with Crippen LogP contribution in [0, 0.1) is 17.8 Å². The molecule has 0 aliphatic heterocycles. The molecule has 0 spiro atoms. The van der Waals surface area contributed by atoms with Crippen LogP contribution in [0.2, 0.25) is 0 Å². The van der Waals surface area contributed by atoms with Crippen molar-refractivity contribution in [3.8, 4) is 0 Å². The summed E-state index contributed by atoms with van der Waals surface area (Å²) in [5.74, 6) is 0.434. The van der Waals surface area contributed by atoms with Crippen molar-refractivity contribution < 1.29 is 80.2 Å². The van der Waals surface area contributed by atoms with Gasteiger partial charge >= 0.3 is 39.5 Å². The van der Waals surface area contributed by atoms with Crippen LogP contribution in [0.25, 0.3) is 0 Å². The Morgan fingerprint density at radius 3 is 0.704 bits per heavy atom. The summed E-state index contributed by atoms with van der Waals surface area (Å²) in [5.41, 5.74) is 0. The fourth-order valence-electron chi connectivity index (χ4n) is 13.8. The molecule has 0 aliphatic carbocycles. The maximum absolute atomic E-state index is 13.2. The summed E-state index contributed by atoms with van der Waals surface area (Å²) < 4.78 is 68.8. The monoisotopic (exact) mass is 1580 g/mol. The van der Waals surface area contributed by atoms with E-state index in [9.17, 15) is 43.2 Å². The zero-order valence-electron chi connectivity index (χ0n) is 71.3. The molecule has 0 fully saturated rings. The summed E-state index contributed by atoms with van der Waals surface area (Å²) in [5, 5.41) is 10.7. The first-order chi connectivity index (χ1) is 52.3. The van der Waals surface area contributed by atoms with Crippen LogP contribution >= 0.6 is 15.6 Å². The van der Waals surface area contributed by atoms with Gasteiger partial charge in [0.15, 0.2) is 12.2 Å². The van der Waals surface area contributed by atoms with Crippen molar-refractivity contribution >= 4 is 39.5 Å². The van der Waals surface area contributed by atoms with Crippen LogP contribution in [0.1, 0.15) is 472 Å². The first kappa shape index (κ1) is 106. The Bertz CT molecular complexity index is 2080. The smallest absolute Gasteiger partial charge is 0.462 e. The topological polar surface area (TPSA) is 237 Å². The Morgan fingerprint density at radius 2 is 0.472 bits per heavy atom. The fourth-order valence-corrected chi connectivity index (χ4v) is 15.4. The van der Waals surface area contributed by atoms with E-state index in [-0.39, 0.29) is 25.7 Å². The average molecular weight is 1580 g/mol. The van der Waals surface area contributed by atoms with Crippen LogP contribution in [0.4, 0.5) is 0 Å². The van der Waals surface area contributed by atoms with Crippen molar-refractivity contribution in [3.05, 3.63) is 0 Å². The van der Waals surface area contributed by atoms with E-state index in [0.29, 0.717) is 25.7 Å². The van der Waals surface area contributed by atoms with Gasteiger partial charge in [0.1, 0.15) is 19.3 Å². The molecule has 7 atom stereocenters. The second kappa shape index (κ2) is 78.9. The molecule has 0 aromatic heterocycles. The molecular formula is C89H174O17P2. The van der Waals surface area contributed by atoms with Crippen molar-refractivity contribution in [2.24, 2.45) is 17.8 Å². The summed E-state index contributed by atoms with van der Waals surface area (Å²) >= 11 is 0. The highest BCUT2D eigenvalue weighted by Gasteiger charge is 2.31. The van der Waals surface area contributed by atoms with Crippen LogP contribution < -0.4 is 0 Å². The van der Waals surface area contributed by atoms with Crippen LogP contribution in [0.15, 0.2) is 0 Å². The van der Waals surface area contributed by atoms with Crippen molar-refractivity contribution in [2.75, 3.05) is 39.6 Å². The maximum atomic E-state index is 13.2. The van der Waals surface area contributed by atoms with E-state index in [1.807, 2.05) is 0 Å². The minimum absolute atomic E-state index is 0.107. The highest BCUT2D eigenvalue weighted by molar-refractivity contribution is 7.47. The molecule has 108 heavy (non-hydrogen) atoms. The number of ether oxygens (including phenoxy) is 4. The maximum Gasteiger partial charge on any atom is 0.472 e. The average Bonchev–Trinajstić information content (AvgIpc) is 0.893. The van der Waals surface area contributed by atoms with Gasteiger partial charge < -0.3 is 33.8 Å². The second-order valence-electron chi connectivity index (χ2n) is 32.9. The van der Waals surface area contributed by atoms with E-state index in [1.54, 1.807) is 0 Å². The Hall–Kier alpha value is -1.94. The van der Waals surface area contributed by atoms with Gasteiger partial charge in [-0.05, 0) is 43.4 Å². The number of carbonyl (C=O) groups is 4. The second-order valence-corrected chi connectivity index (χ2v) is 35.9. The molecule has 0 rings (SSSR count). The van der Waals surface area contributed by atoms with Crippen LogP contribution in [0.3, 0.4) is 0 Å². The van der Waals surface area contributed by atoms with E-state index in [4.69, 9.17) is 37.0 Å². The first-order valence-electron chi connectivity index (χ1n) is 45.9. The van der Waals surface area contributed by atoms with Gasteiger partial charge in [-0.25, -0.2) is 9.13 Å². The Kier molecular flexibility index (Phi) is 77.5. The Morgan fingerprint density at radius 1 is 0.269 bits per heavy atom. The fraction of sp³-hybridized carbons (Fsp3) is 0.955. The number of aliphatic hydroxyl groups excluding tert-OH is 1. The summed E-state index contributed by atoms with van der Waals surface area (Å²) in [6.45, 7) is 12.1. The lowest BCUT2D eigenvalue weighted by Gasteiger charge is -2.21. The van der Waals surface area contributed by atoms with Gasteiger partial charge in [0.25, 0.3) is 0 Å². The lowest BCUT2D eigenvalue weighted by Crippen LogP contribution is -2.30. The van der Waals surface area contributed by atoms with Crippen LogP contribution in [0.5, 0.6) is 0 Å². The zero-order valence-corrected chi connectivity index (χ0v) is 73.1. The molecule has 0 amide bonds. The standard InChI is InChI=1S/C89H174O17P2/c1-8-11-12-13-46-56-63-70-86(91)99-76-84(105-88(93)72-66-59-52-45-39-33-27-26-28-34-40-47-53-60-67-80(4)5)78-103-107(95,96)101-74-83(90)75-102-108(97,98)104-79-85(106-89(94)73-65-58-51-44-38-32-25-21-17-15-19-23-30-36-42-49-55-62-69-82(7)10-3)77-100-87(92)71-64-57-50-43-37-31-24-20-16-14-18-22-29-35-41-48-54-61-68-81(6)9-2/h80-85,90H,8-79H2,1-7H3,(H,95,96)(H,97,98)/t81?,82?,83-,84+,85+/m0/s1. The van der Waals surface area contributed by atoms with Crippen molar-refractivity contribution in [3.63, 3.8) is 0 Å². The molecule has 0 aromatic carbocycles. The lowest BCUT2D eigenvalue weighted by atomic mass is 9.99. The molecule has 0 aliphatic rings. The normalized spacial score (nSPS) is 14.3. The van der Waals surface area contributed by atoms with Crippen LogP contribution in [-0.4, -0.2) is 96.7 Å². The summed E-state index contributed by atoms with van der Waals surface area (Å²) in [6.07, 6.45) is 71.0. The Labute approximate surface area is 664 Å². The summed E-state index contributed by atoms with van der Waals surface area (Å²) in [6, 6.07) is 0. The molecule has 0 saturated heterocycles. The Balaban J connectivity index is 5.15. The molecule has 4 unspecified atom stereocenters. The number of unbranched alkanes of at least 4 members (excludes halogenated alkanes) is 53. The summed E-state index contributed by atoms with van der Waals surface area (Å²) in [7, 11) is -9.93. The van der Waals surface area contributed by atoms with Gasteiger partial charge in [-0.3, -0.25) is 37.3 Å². The number of carbonyl (C=O) groups excluding carboxylic acids is 4. The highest BCUT2D eigenvalue weighted by atomic mass is 31.2. The van der Waals surface area contributed by atoms with Gasteiger partial charge in [-0.2, -0.15) is 0 Å². The van der Waals surface area contributed by atoms with Gasteiger partial charge in [0, 0.05) is 25.7 Å². The largest absolute Gasteiger partial charge is 0.472 e. The predicted molar refractivity (Wildman–Crippen MR) is 446 cm³/mol. The molecule has 0 bridgehead atoms. The number of aliphatic hydroxyl groups is 1. The number of phosphoric acid groups is 2. The molecule has 3 N–H and O–H groups in total. The molecule has 0 radical (unpaired) electrons. The number of hydrogen-bond acceptors (Lipinski definition) is 15. The van der Waals surface area contributed by atoms with E-state index < -0.39 is 97.5 Å². The van der Waals surface area contributed by atoms with Gasteiger partial charge in [-0.15, -0.1) is 0 Å². The lowest BCUT2D eigenvalue weighted by molar-refractivity contribution is -0.161. The van der Waals surface area contributed by atoms with Gasteiger partial charge in [0.2, 0.25) is 0 Å². The minimum Gasteiger partial charge on any atom is -0.462 e. The van der Waals surface area contributed by atoms with Crippen molar-refractivity contribution in [2.45, 2.75) is 491 Å². The third-order valence-corrected chi connectivity index (χ3v) is 23.5. The molecule has 0 saturated carbocycles. The van der Waals surface area contributed by atoms with Gasteiger partial charge in [-0.1, -0.05) is 421 Å². The number of hydrogen-bond donors (Lipinski definition) is 3. The number of esters is 4. The molecule has 642 valence electrons. The molecule has 19 heteroatoms. The molecule has 0 heterocycles. The molecule has 0 aromatic rings. The minimum atomic E-state index is -4.97. The zero-order chi connectivity index (χ0) is 79.3. The quantitative estimate of drug-likeness (QED) is 0.0222.